The summed E-state index contributed by atoms with van der Waals surface area (Å²) in [5.74, 6) is -0.0625. The molecule has 6 nitrogen and oxygen atoms in total. The van der Waals surface area contributed by atoms with Gasteiger partial charge in [-0.2, -0.15) is 0 Å². The van der Waals surface area contributed by atoms with E-state index in [9.17, 15) is 9.59 Å². The lowest BCUT2D eigenvalue weighted by molar-refractivity contribution is -0.126. The number of rotatable bonds is 4. The van der Waals surface area contributed by atoms with Crippen LogP contribution >= 0.6 is 15.9 Å². The number of hydrogen-bond donors (Lipinski definition) is 2. The molecule has 116 valence electrons. The van der Waals surface area contributed by atoms with Gasteiger partial charge in [-0.15, -0.1) is 0 Å². The maximum Gasteiger partial charge on any atom is 0.319 e. The molecule has 0 saturated heterocycles. The summed E-state index contributed by atoms with van der Waals surface area (Å²) < 4.78 is 5.98. The first-order valence-corrected chi connectivity index (χ1v) is 7.73. The third-order valence-corrected chi connectivity index (χ3v) is 4.32. The number of ether oxygens (including phenoxy) is 1. The van der Waals surface area contributed by atoms with Gasteiger partial charge in [0.1, 0.15) is 0 Å². The van der Waals surface area contributed by atoms with E-state index in [1.54, 1.807) is 12.0 Å². The molecular weight excluding hydrogens is 350 g/mol. The number of amides is 3. The first-order chi connectivity index (χ1) is 10.6. The second-order valence-electron chi connectivity index (χ2n) is 5.19. The van der Waals surface area contributed by atoms with Crippen LogP contribution in [-0.2, 0) is 9.53 Å². The summed E-state index contributed by atoms with van der Waals surface area (Å²) in [7, 11) is 1.60. The molecule has 7 heteroatoms. The van der Waals surface area contributed by atoms with E-state index in [4.69, 9.17) is 4.74 Å². The van der Waals surface area contributed by atoms with Crippen LogP contribution in [0, 0.1) is 0 Å². The van der Waals surface area contributed by atoms with Gasteiger partial charge in [-0.1, -0.05) is 28.1 Å². The van der Waals surface area contributed by atoms with Gasteiger partial charge in [0.05, 0.1) is 30.5 Å². The highest BCUT2D eigenvalue weighted by atomic mass is 79.9. The maximum atomic E-state index is 12.6. The lowest BCUT2D eigenvalue weighted by atomic mass is 9.96. The molecule has 2 heterocycles. The molecule has 0 spiro atoms. The van der Waals surface area contributed by atoms with Crippen molar-refractivity contribution in [3.8, 4) is 0 Å². The molecule has 3 rings (SSSR count). The molecular formula is C15H16BrN3O3. The van der Waals surface area contributed by atoms with Gasteiger partial charge in [-0.3, -0.25) is 4.79 Å². The number of carbonyl (C=O) groups is 2. The highest BCUT2D eigenvalue weighted by Gasteiger charge is 2.40. The van der Waals surface area contributed by atoms with Crippen LogP contribution in [0.5, 0.6) is 0 Å². The van der Waals surface area contributed by atoms with Crippen LogP contribution in [0.4, 0.5) is 4.79 Å². The third-order valence-electron chi connectivity index (χ3n) is 3.79. The topological polar surface area (TPSA) is 70.7 Å². The molecule has 0 saturated carbocycles. The number of methoxy groups -OCH3 is 1. The summed E-state index contributed by atoms with van der Waals surface area (Å²) in [5, 5.41) is 5.57. The molecule has 0 aromatic heterocycles. The molecule has 0 aliphatic carbocycles. The molecule has 2 aliphatic rings. The van der Waals surface area contributed by atoms with E-state index >= 15 is 0 Å². The summed E-state index contributed by atoms with van der Waals surface area (Å²) in [6.07, 6.45) is 0. The standard InChI is InChI=1S/C15H16BrN3O3/c1-22-7-6-19-8-11-12(14(19)20)13(18-15(21)17-11)9-2-4-10(16)5-3-9/h2-5,13H,6-8H2,1H3,(H2,17,18,21). The Kier molecular flexibility index (Phi) is 4.17. The van der Waals surface area contributed by atoms with Gasteiger partial charge < -0.3 is 20.3 Å². The molecule has 1 atom stereocenters. The van der Waals surface area contributed by atoms with Crippen molar-refractivity contribution in [2.75, 3.05) is 26.8 Å². The lowest BCUT2D eigenvalue weighted by Gasteiger charge is -2.25. The van der Waals surface area contributed by atoms with Crippen LogP contribution in [0.3, 0.4) is 0 Å². The van der Waals surface area contributed by atoms with Crippen molar-refractivity contribution in [1.82, 2.24) is 15.5 Å². The van der Waals surface area contributed by atoms with E-state index in [1.807, 2.05) is 24.3 Å². The number of urea groups is 1. The number of halogens is 1. The fourth-order valence-corrected chi connectivity index (χ4v) is 2.98. The highest BCUT2D eigenvalue weighted by molar-refractivity contribution is 9.10. The van der Waals surface area contributed by atoms with Crippen LogP contribution < -0.4 is 10.6 Å². The van der Waals surface area contributed by atoms with Crippen molar-refractivity contribution < 1.29 is 14.3 Å². The minimum absolute atomic E-state index is 0.0625. The molecule has 1 aromatic rings. The van der Waals surface area contributed by atoms with E-state index in [0.717, 1.165) is 10.0 Å². The number of nitrogens with one attached hydrogen (secondary N) is 2. The Balaban J connectivity index is 1.90. The number of benzene rings is 1. The van der Waals surface area contributed by atoms with Gasteiger partial charge in [-0.25, -0.2) is 4.79 Å². The van der Waals surface area contributed by atoms with Crippen molar-refractivity contribution in [3.63, 3.8) is 0 Å². The minimum Gasteiger partial charge on any atom is -0.383 e. The molecule has 22 heavy (non-hydrogen) atoms. The summed E-state index contributed by atoms with van der Waals surface area (Å²) in [6, 6.07) is 6.88. The Hall–Kier alpha value is -1.86. The number of carbonyl (C=O) groups excluding carboxylic acids is 2. The van der Waals surface area contributed by atoms with Gasteiger partial charge in [0.2, 0.25) is 0 Å². The van der Waals surface area contributed by atoms with E-state index in [0.29, 0.717) is 31.0 Å². The van der Waals surface area contributed by atoms with E-state index in [1.165, 1.54) is 0 Å². The molecule has 1 aromatic carbocycles. The van der Waals surface area contributed by atoms with Gasteiger partial charge in [0.15, 0.2) is 0 Å². The van der Waals surface area contributed by atoms with Crippen molar-refractivity contribution in [3.05, 3.63) is 45.6 Å². The van der Waals surface area contributed by atoms with Crippen molar-refractivity contribution in [1.29, 1.82) is 0 Å². The molecule has 0 radical (unpaired) electrons. The second kappa shape index (κ2) is 6.10. The largest absolute Gasteiger partial charge is 0.383 e. The van der Waals surface area contributed by atoms with Crippen LogP contribution in [0.15, 0.2) is 40.0 Å². The summed E-state index contributed by atoms with van der Waals surface area (Å²) in [5.41, 5.74) is 2.17. The Labute approximate surface area is 136 Å². The third kappa shape index (κ3) is 2.74. The number of hydrogen-bond acceptors (Lipinski definition) is 3. The predicted octanol–water partition coefficient (Wildman–Crippen LogP) is 1.55. The van der Waals surface area contributed by atoms with E-state index in [2.05, 4.69) is 26.6 Å². The fourth-order valence-electron chi connectivity index (χ4n) is 2.72. The van der Waals surface area contributed by atoms with Crippen molar-refractivity contribution in [2.24, 2.45) is 0 Å². The Bertz CT molecular complexity index is 642. The Morgan fingerprint density at radius 1 is 1.32 bits per heavy atom. The van der Waals surface area contributed by atoms with Gasteiger partial charge >= 0.3 is 6.03 Å². The average Bonchev–Trinajstić information content (AvgIpc) is 2.81. The normalized spacial score (nSPS) is 20.8. The molecule has 2 N–H and O–H groups in total. The average molecular weight is 366 g/mol. The zero-order valence-corrected chi connectivity index (χ0v) is 13.6. The van der Waals surface area contributed by atoms with Crippen LogP contribution in [-0.4, -0.2) is 43.6 Å². The molecule has 0 fully saturated rings. The van der Waals surface area contributed by atoms with Crippen molar-refractivity contribution in [2.45, 2.75) is 6.04 Å². The SMILES string of the molecule is COCCN1CC2=C(C1=O)C(c1ccc(Br)cc1)NC(=O)N2. The van der Waals surface area contributed by atoms with Crippen molar-refractivity contribution >= 4 is 27.9 Å². The van der Waals surface area contributed by atoms with E-state index < -0.39 is 6.04 Å². The fraction of sp³-hybridized carbons (Fsp3) is 0.333. The highest BCUT2D eigenvalue weighted by Crippen LogP contribution is 2.32. The Morgan fingerprint density at radius 2 is 2.05 bits per heavy atom. The minimum atomic E-state index is -0.420. The Morgan fingerprint density at radius 3 is 2.73 bits per heavy atom. The van der Waals surface area contributed by atoms with Crippen LogP contribution in [0.1, 0.15) is 11.6 Å². The van der Waals surface area contributed by atoms with Crippen LogP contribution in [0.25, 0.3) is 0 Å². The van der Waals surface area contributed by atoms with Gasteiger partial charge in [-0.05, 0) is 17.7 Å². The second-order valence-corrected chi connectivity index (χ2v) is 6.11. The molecule has 3 amide bonds. The van der Waals surface area contributed by atoms with Crippen LogP contribution in [0.2, 0.25) is 0 Å². The summed E-state index contributed by atoms with van der Waals surface area (Å²) in [4.78, 5) is 26.2. The quantitative estimate of drug-likeness (QED) is 0.850. The zero-order valence-electron chi connectivity index (χ0n) is 12.1. The van der Waals surface area contributed by atoms with Gasteiger partial charge in [0.25, 0.3) is 5.91 Å². The molecule has 0 bridgehead atoms. The molecule has 2 aliphatic heterocycles. The number of nitrogens with zero attached hydrogens (tertiary/aromatic N) is 1. The summed E-state index contributed by atoms with van der Waals surface area (Å²) >= 11 is 3.39. The summed E-state index contributed by atoms with van der Waals surface area (Å²) in [6.45, 7) is 1.39. The monoisotopic (exact) mass is 365 g/mol. The molecule has 1 unspecified atom stereocenters. The zero-order chi connectivity index (χ0) is 15.7. The smallest absolute Gasteiger partial charge is 0.319 e. The first kappa shape index (κ1) is 15.1. The predicted molar refractivity (Wildman–Crippen MR) is 84.0 cm³/mol. The lowest BCUT2D eigenvalue weighted by Crippen LogP contribution is -2.44. The van der Waals surface area contributed by atoms with E-state index in [-0.39, 0.29) is 11.9 Å². The van der Waals surface area contributed by atoms with Gasteiger partial charge in [0, 0.05) is 18.1 Å². The maximum absolute atomic E-state index is 12.6. The first-order valence-electron chi connectivity index (χ1n) is 6.94.